The fourth-order valence-electron chi connectivity index (χ4n) is 2.31. The number of methoxy groups -OCH3 is 1. The van der Waals surface area contributed by atoms with Crippen LogP contribution in [0.2, 0.25) is 0 Å². The van der Waals surface area contributed by atoms with Crippen LogP contribution in [-0.4, -0.2) is 48.8 Å². The number of carbonyl (C=O) groups excluding carboxylic acids is 1. The van der Waals surface area contributed by atoms with Crippen molar-refractivity contribution in [2.75, 3.05) is 26.8 Å². The van der Waals surface area contributed by atoms with E-state index in [0.717, 1.165) is 31.5 Å². The Morgan fingerprint density at radius 2 is 2.00 bits per heavy atom. The third-order valence-electron chi connectivity index (χ3n) is 3.51. The Morgan fingerprint density at radius 3 is 2.55 bits per heavy atom. The lowest BCUT2D eigenvalue weighted by molar-refractivity contribution is 0.0351. The van der Waals surface area contributed by atoms with Gasteiger partial charge in [0.25, 0.3) is 5.91 Å². The number of likely N-dealkylation sites (tertiary alicyclic amines) is 1. The lowest BCUT2D eigenvalue weighted by Crippen LogP contribution is -2.40. The number of aliphatic hydroxyl groups excluding tert-OH is 1. The lowest BCUT2D eigenvalue weighted by atomic mass is 10.1. The second-order valence-electron chi connectivity index (χ2n) is 4.76. The van der Waals surface area contributed by atoms with Gasteiger partial charge in [0, 0.05) is 31.3 Å². The second-order valence-corrected chi connectivity index (χ2v) is 4.76. The Hall–Kier alpha value is -1.83. The van der Waals surface area contributed by atoms with Crippen LogP contribution in [0.3, 0.4) is 0 Å². The Bertz CT molecular complexity index is 505. The van der Waals surface area contributed by atoms with Crippen molar-refractivity contribution >= 4 is 5.91 Å². The standard InChI is InChI=1S/C16H19NO3/c1-20-15-8-10-17(11-9-15)16(19)14-6-4-13(5-7-14)3-2-12-18/h4-7,15,18H,8-12H2,1H3. The van der Waals surface area contributed by atoms with Crippen molar-refractivity contribution in [1.29, 1.82) is 0 Å². The van der Waals surface area contributed by atoms with Gasteiger partial charge in [-0.15, -0.1) is 0 Å². The van der Waals surface area contributed by atoms with E-state index in [1.54, 1.807) is 31.4 Å². The Kier molecular flexibility index (Phi) is 5.16. The zero-order chi connectivity index (χ0) is 14.4. The SMILES string of the molecule is COC1CCN(C(=O)c2ccc(C#CCO)cc2)CC1. The van der Waals surface area contributed by atoms with Gasteiger partial charge >= 0.3 is 0 Å². The molecule has 1 aliphatic rings. The molecule has 0 radical (unpaired) electrons. The summed E-state index contributed by atoms with van der Waals surface area (Å²) in [7, 11) is 1.72. The van der Waals surface area contributed by atoms with E-state index >= 15 is 0 Å². The normalized spacial score (nSPS) is 15.6. The van der Waals surface area contributed by atoms with Crippen LogP contribution in [0.4, 0.5) is 0 Å². The molecule has 4 heteroatoms. The van der Waals surface area contributed by atoms with E-state index in [2.05, 4.69) is 11.8 Å². The summed E-state index contributed by atoms with van der Waals surface area (Å²) in [6.45, 7) is 1.32. The number of benzene rings is 1. The van der Waals surface area contributed by atoms with E-state index in [9.17, 15) is 4.79 Å². The molecule has 1 fully saturated rings. The topological polar surface area (TPSA) is 49.8 Å². The molecule has 20 heavy (non-hydrogen) atoms. The van der Waals surface area contributed by atoms with E-state index in [4.69, 9.17) is 9.84 Å². The van der Waals surface area contributed by atoms with Crippen LogP contribution >= 0.6 is 0 Å². The maximum atomic E-state index is 12.3. The van der Waals surface area contributed by atoms with Crippen molar-refractivity contribution in [3.8, 4) is 11.8 Å². The highest BCUT2D eigenvalue weighted by Gasteiger charge is 2.23. The van der Waals surface area contributed by atoms with Crippen molar-refractivity contribution in [1.82, 2.24) is 4.90 Å². The summed E-state index contributed by atoms with van der Waals surface area (Å²) in [5.74, 6) is 5.45. The fraction of sp³-hybridized carbons (Fsp3) is 0.438. The minimum atomic E-state index is -0.158. The van der Waals surface area contributed by atoms with Crippen LogP contribution in [0.15, 0.2) is 24.3 Å². The van der Waals surface area contributed by atoms with Crippen molar-refractivity contribution in [2.24, 2.45) is 0 Å². The quantitative estimate of drug-likeness (QED) is 0.826. The van der Waals surface area contributed by atoms with Gasteiger partial charge in [0.15, 0.2) is 0 Å². The zero-order valence-corrected chi connectivity index (χ0v) is 11.6. The molecule has 1 amide bonds. The number of piperidine rings is 1. The van der Waals surface area contributed by atoms with Gasteiger partial charge in [-0.05, 0) is 37.1 Å². The van der Waals surface area contributed by atoms with Gasteiger partial charge in [-0.3, -0.25) is 4.79 Å². The largest absolute Gasteiger partial charge is 0.384 e. The lowest BCUT2D eigenvalue weighted by Gasteiger charge is -2.31. The van der Waals surface area contributed by atoms with E-state index < -0.39 is 0 Å². The van der Waals surface area contributed by atoms with Crippen molar-refractivity contribution in [3.05, 3.63) is 35.4 Å². The molecule has 1 heterocycles. The molecule has 4 nitrogen and oxygen atoms in total. The van der Waals surface area contributed by atoms with E-state index in [1.807, 2.05) is 4.90 Å². The molecule has 0 spiro atoms. The summed E-state index contributed by atoms with van der Waals surface area (Å²) in [5, 5.41) is 8.64. The number of rotatable bonds is 2. The molecular formula is C16H19NO3. The monoisotopic (exact) mass is 273 g/mol. The van der Waals surface area contributed by atoms with Gasteiger partial charge in [0.1, 0.15) is 6.61 Å². The Labute approximate surface area is 119 Å². The van der Waals surface area contributed by atoms with Crippen molar-refractivity contribution in [3.63, 3.8) is 0 Å². The zero-order valence-electron chi connectivity index (χ0n) is 11.6. The molecule has 2 rings (SSSR count). The number of aliphatic hydroxyl groups is 1. The molecule has 1 aliphatic heterocycles. The van der Waals surface area contributed by atoms with Crippen LogP contribution in [0.1, 0.15) is 28.8 Å². The molecule has 0 atom stereocenters. The highest BCUT2D eigenvalue weighted by atomic mass is 16.5. The third-order valence-corrected chi connectivity index (χ3v) is 3.51. The van der Waals surface area contributed by atoms with Crippen molar-refractivity contribution in [2.45, 2.75) is 18.9 Å². The van der Waals surface area contributed by atoms with Crippen LogP contribution in [-0.2, 0) is 4.74 Å². The summed E-state index contributed by atoms with van der Waals surface area (Å²) in [4.78, 5) is 14.2. The maximum Gasteiger partial charge on any atom is 0.253 e. The number of amides is 1. The predicted octanol–water partition coefficient (Wildman–Crippen LogP) is 1.28. The van der Waals surface area contributed by atoms with Crippen LogP contribution in [0.5, 0.6) is 0 Å². The first kappa shape index (κ1) is 14.6. The van der Waals surface area contributed by atoms with E-state index in [1.165, 1.54) is 0 Å². The number of carbonyl (C=O) groups is 1. The average Bonchev–Trinajstić information content (AvgIpc) is 2.53. The molecule has 0 aliphatic carbocycles. The van der Waals surface area contributed by atoms with Crippen molar-refractivity contribution < 1.29 is 14.6 Å². The molecule has 1 saturated heterocycles. The number of hydrogen-bond donors (Lipinski definition) is 1. The molecule has 0 saturated carbocycles. The summed E-state index contributed by atoms with van der Waals surface area (Å²) < 4.78 is 5.30. The molecule has 106 valence electrons. The first-order valence-electron chi connectivity index (χ1n) is 6.76. The highest BCUT2D eigenvalue weighted by molar-refractivity contribution is 5.94. The molecular weight excluding hydrogens is 254 g/mol. The minimum Gasteiger partial charge on any atom is -0.384 e. The first-order chi connectivity index (χ1) is 9.74. The van der Waals surface area contributed by atoms with Crippen LogP contribution in [0, 0.1) is 11.8 Å². The van der Waals surface area contributed by atoms with Gasteiger partial charge in [0.05, 0.1) is 6.10 Å². The van der Waals surface area contributed by atoms with Gasteiger partial charge in [0.2, 0.25) is 0 Å². The smallest absolute Gasteiger partial charge is 0.253 e. The predicted molar refractivity (Wildman–Crippen MR) is 76.3 cm³/mol. The second kappa shape index (κ2) is 7.09. The van der Waals surface area contributed by atoms with E-state index in [0.29, 0.717) is 5.56 Å². The van der Waals surface area contributed by atoms with Gasteiger partial charge in [-0.1, -0.05) is 11.8 Å². The summed E-state index contributed by atoms with van der Waals surface area (Å²) in [6, 6.07) is 7.17. The molecule has 0 aromatic heterocycles. The molecule has 0 bridgehead atoms. The molecule has 0 unspecified atom stereocenters. The number of ether oxygens (including phenoxy) is 1. The average molecular weight is 273 g/mol. The van der Waals surface area contributed by atoms with Gasteiger partial charge in [-0.25, -0.2) is 0 Å². The summed E-state index contributed by atoms with van der Waals surface area (Å²) in [6.07, 6.45) is 2.06. The fourth-order valence-corrected chi connectivity index (χ4v) is 2.31. The maximum absolute atomic E-state index is 12.3. The first-order valence-corrected chi connectivity index (χ1v) is 6.76. The molecule has 1 N–H and O–H groups in total. The molecule has 1 aromatic rings. The van der Waals surface area contributed by atoms with Gasteiger partial charge in [-0.2, -0.15) is 0 Å². The van der Waals surface area contributed by atoms with Gasteiger partial charge < -0.3 is 14.7 Å². The Balaban J connectivity index is 1.99. The summed E-state index contributed by atoms with van der Waals surface area (Å²) >= 11 is 0. The number of nitrogens with zero attached hydrogens (tertiary/aromatic N) is 1. The third kappa shape index (κ3) is 3.60. The van der Waals surface area contributed by atoms with E-state index in [-0.39, 0.29) is 18.6 Å². The minimum absolute atomic E-state index is 0.0567. The summed E-state index contributed by atoms with van der Waals surface area (Å²) in [5.41, 5.74) is 1.48. The van der Waals surface area contributed by atoms with Crippen LogP contribution < -0.4 is 0 Å². The molecule has 1 aromatic carbocycles. The Morgan fingerprint density at radius 1 is 1.35 bits per heavy atom. The highest BCUT2D eigenvalue weighted by Crippen LogP contribution is 2.16. The number of hydrogen-bond acceptors (Lipinski definition) is 3. The van der Waals surface area contributed by atoms with Crippen LogP contribution in [0.25, 0.3) is 0 Å².